The molecule has 22 heavy (non-hydrogen) atoms. The molecule has 1 N–H and O–H groups in total. The van der Waals surface area contributed by atoms with Crippen molar-refractivity contribution in [3.63, 3.8) is 0 Å². The fraction of sp³-hybridized carbons (Fsp3) is 0.450. The van der Waals surface area contributed by atoms with Crippen LogP contribution in [-0.4, -0.2) is 11.1 Å². The molecular weight excluding hydrogens is 272 g/mol. The first-order valence-corrected chi connectivity index (χ1v) is 8.20. The number of hydrogen-bond acceptors (Lipinski definition) is 1. The van der Waals surface area contributed by atoms with Gasteiger partial charge in [-0.3, -0.25) is 4.79 Å². The standard InChI is InChI=1S/C20H30O2/c1-2-3-4-5-6-7-8-9-10-11-12-13-14-15-16-17-18-19-20(21)22/h2,6-7,9-10,12-13,15-16H,1,3-5,8,11,14,17-19H2,(H,21,22). The van der Waals surface area contributed by atoms with Gasteiger partial charge in [0.25, 0.3) is 0 Å². The van der Waals surface area contributed by atoms with Gasteiger partial charge in [0.2, 0.25) is 0 Å². The molecule has 0 amide bonds. The minimum atomic E-state index is -0.716. The summed E-state index contributed by atoms with van der Waals surface area (Å²) in [6, 6.07) is 0. The summed E-state index contributed by atoms with van der Waals surface area (Å²) in [6.07, 6.45) is 27.4. The Labute approximate surface area is 135 Å². The van der Waals surface area contributed by atoms with Gasteiger partial charge in [0.1, 0.15) is 0 Å². The summed E-state index contributed by atoms with van der Waals surface area (Å²) < 4.78 is 0. The molecule has 2 nitrogen and oxygen atoms in total. The van der Waals surface area contributed by atoms with Crippen LogP contribution in [0.3, 0.4) is 0 Å². The third-order valence-electron chi connectivity index (χ3n) is 3.02. The van der Waals surface area contributed by atoms with Gasteiger partial charge in [-0.2, -0.15) is 0 Å². The molecule has 0 saturated carbocycles. The van der Waals surface area contributed by atoms with Gasteiger partial charge in [0, 0.05) is 6.42 Å². The van der Waals surface area contributed by atoms with Gasteiger partial charge < -0.3 is 5.11 Å². The monoisotopic (exact) mass is 302 g/mol. The van der Waals surface area contributed by atoms with Crippen LogP contribution in [0.2, 0.25) is 0 Å². The topological polar surface area (TPSA) is 37.3 Å². The maximum absolute atomic E-state index is 10.3. The average molecular weight is 302 g/mol. The van der Waals surface area contributed by atoms with Crippen LogP contribution in [0.5, 0.6) is 0 Å². The number of allylic oxidation sites excluding steroid dienone is 9. The highest BCUT2D eigenvalue weighted by molar-refractivity contribution is 5.66. The number of carbonyl (C=O) groups is 1. The lowest BCUT2D eigenvalue weighted by Gasteiger charge is -1.90. The maximum atomic E-state index is 10.3. The van der Waals surface area contributed by atoms with Crippen LogP contribution in [-0.2, 0) is 4.79 Å². The molecule has 0 heterocycles. The maximum Gasteiger partial charge on any atom is 0.303 e. The van der Waals surface area contributed by atoms with E-state index in [1.54, 1.807) is 0 Å². The van der Waals surface area contributed by atoms with Crippen LogP contribution in [0.25, 0.3) is 0 Å². The van der Waals surface area contributed by atoms with E-state index >= 15 is 0 Å². The highest BCUT2D eigenvalue weighted by atomic mass is 16.4. The van der Waals surface area contributed by atoms with Gasteiger partial charge in [-0.1, -0.05) is 54.7 Å². The lowest BCUT2D eigenvalue weighted by Crippen LogP contribution is -1.92. The summed E-state index contributed by atoms with van der Waals surface area (Å²) in [5, 5.41) is 8.49. The number of rotatable bonds is 14. The summed E-state index contributed by atoms with van der Waals surface area (Å²) in [5.74, 6) is -0.716. The third-order valence-corrected chi connectivity index (χ3v) is 3.02. The Balaban J connectivity index is 3.42. The van der Waals surface area contributed by atoms with Gasteiger partial charge in [-0.05, 0) is 51.4 Å². The van der Waals surface area contributed by atoms with Crippen molar-refractivity contribution in [3.05, 3.63) is 61.3 Å². The van der Waals surface area contributed by atoms with Gasteiger partial charge >= 0.3 is 5.97 Å². The molecular formula is C20H30O2. The average Bonchev–Trinajstić information content (AvgIpc) is 2.50. The molecule has 122 valence electrons. The zero-order chi connectivity index (χ0) is 16.3. The highest BCUT2D eigenvalue weighted by Gasteiger charge is 1.92. The fourth-order valence-electron chi connectivity index (χ4n) is 1.80. The van der Waals surface area contributed by atoms with Crippen molar-refractivity contribution in [2.45, 2.75) is 57.8 Å². The van der Waals surface area contributed by atoms with E-state index in [9.17, 15) is 4.79 Å². The van der Waals surface area contributed by atoms with E-state index in [-0.39, 0.29) is 6.42 Å². The van der Waals surface area contributed by atoms with E-state index < -0.39 is 5.97 Å². The van der Waals surface area contributed by atoms with Crippen LogP contribution in [0.4, 0.5) is 0 Å². The first-order valence-electron chi connectivity index (χ1n) is 8.20. The minimum absolute atomic E-state index is 0.258. The molecule has 0 rings (SSSR count). The lowest BCUT2D eigenvalue weighted by atomic mass is 10.2. The molecule has 0 fully saturated rings. The fourth-order valence-corrected chi connectivity index (χ4v) is 1.80. The Hall–Kier alpha value is -1.83. The molecule has 0 aliphatic rings. The number of hydrogen-bond donors (Lipinski definition) is 1. The summed E-state index contributed by atoms with van der Waals surface area (Å²) in [7, 11) is 0. The van der Waals surface area contributed by atoms with Crippen molar-refractivity contribution in [1.82, 2.24) is 0 Å². The van der Waals surface area contributed by atoms with E-state index in [1.807, 2.05) is 6.08 Å². The van der Waals surface area contributed by atoms with Gasteiger partial charge in [0.05, 0.1) is 0 Å². The summed E-state index contributed by atoms with van der Waals surface area (Å²) in [4.78, 5) is 10.3. The first-order chi connectivity index (χ1) is 10.8. The van der Waals surface area contributed by atoms with Gasteiger partial charge in [-0.25, -0.2) is 0 Å². The van der Waals surface area contributed by atoms with Crippen LogP contribution < -0.4 is 0 Å². The molecule has 0 aliphatic carbocycles. The molecule has 0 unspecified atom stereocenters. The van der Waals surface area contributed by atoms with Crippen molar-refractivity contribution < 1.29 is 9.90 Å². The molecule has 0 saturated heterocycles. The molecule has 0 aliphatic heterocycles. The van der Waals surface area contributed by atoms with Crippen molar-refractivity contribution in [3.8, 4) is 0 Å². The van der Waals surface area contributed by atoms with E-state index in [4.69, 9.17) is 5.11 Å². The molecule has 0 aromatic carbocycles. The molecule has 0 aromatic heterocycles. The Morgan fingerprint density at radius 2 is 1.18 bits per heavy atom. The smallest absolute Gasteiger partial charge is 0.303 e. The number of carboxylic acids is 1. The zero-order valence-electron chi connectivity index (χ0n) is 13.6. The number of unbranched alkanes of at least 4 members (excludes halogenated alkanes) is 3. The largest absolute Gasteiger partial charge is 0.481 e. The molecule has 0 bridgehead atoms. The Morgan fingerprint density at radius 1 is 0.727 bits per heavy atom. The third kappa shape index (κ3) is 18.2. The summed E-state index contributed by atoms with van der Waals surface area (Å²) >= 11 is 0. The van der Waals surface area contributed by atoms with Crippen molar-refractivity contribution in [2.75, 3.05) is 0 Å². The second kappa shape index (κ2) is 17.2. The number of aliphatic carboxylic acids is 1. The van der Waals surface area contributed by atoms with E-state index in [2.05, 4.69) is 55.2 Å². The van der Waals surface area contributed by atoms with E-state index in [0.29, 0.717) is 0 Å². The van der Waals surface area contributed by atoms with Crippen molar-refractivity contribution in [2.24, 2.45) is 0 Å². The SMILES string of the molecule is C=CCCCC=CCC=CCC=CCC=CCCCC(=O)O. The second-order valence-electron chi connectivity index (χ2n) is 5.10. The summed E-state index contributed by atoms with van der Waals surface area (Å²) in [6.45, 7) is 3.71. The van der Waals surface area contributed by atoms with Crippen molar-refractivity contribution >= 4 is 5.97 Å². The summed E-state index contributed by atoms with van der Waals surface area (Å²) in [5.41, 5.74) is 0. The zero-order valence-corrected chi connectivity index (χ0v) is 13.6. The molecule has 2 heteroatoms. The van der Waals surface area contributed by atoms with Crippen LogP contribution >= 0.6 is 0 Å². The van der Waals surface area contributed by atoms with Crippen molar-refractivity contribution in [1.29, 1.82) is 0 Å². The van der Waals surface area contributed by atoms with E-state index in [1.165, 1.54) is 6.42 Å². The van der Waals surface area contributed by atoms with Gasteiger partial charge in [-0.15, -0.1) is 6.58 Å². The lowest BCUT2D eigenvalue weighted by molar-refractivity contribution is -0.137. The second-order valence-corrected chi connectivity index (χ2v) is 5.10. The quantitative estimate of drug-likeness (QED) is 0.316. The minimum Gasteiger partial charge on any atom is -0.481 e. The Morgan fingerprint density at radius 3 is 1.64 bits per heavy atom. The molecule has 0 aromatic rings. The van der Waals surface area contributed by atoms with E-state index in [0.717, 1.165) is 44.9 Å². The predicted octanol–water partition coefficient (Wildman–Crippen LogP) is 5.99. The molecule has 0 spiro atoms. The highest BCUT2D eigenvalue weighted by Crippen LogP contribution is 2.00. The Bertz CT molecular complexity index is 387. The predicted molar refractivity (Wildman–Crippen MR) is 95.9 cm³/mol. The number of carboxylic acid groups (broad SMARTS) is 1. The molecule has 0 atom stereocenters. The van der Waals surface area contributed by atoms with Crippen LogP contribution in [0.15, 0.2) is 61.3 Å². The normalized spacial score (nSPS) is 12.2. The Kier molecular flexibility index (Phi) is 15.8. The van der Waals surface area contributed by atoms with Crippen LogP contribution in [0, 0.1) is 0 Å². The van der Waals surface area contributed by atoms with Gasteiger partial charge in [0.15, 0.2) is 0 Å². The molecule has 0 radical (unpaired) electrons. The first kappa shape index (κ1) is 20.2. The van der Waals surface area contributed by atoms with Crippen LogP contribution in [0.1, 0.15) is 57.8 Å².